The van der Waals surface area contributed by atoms with Crippen molar-refractivity contribution in [1.82, 2.24) is 0 Å². The molecule has 0 spiro atoms. The minimum atomic E-state index is 0. The summed E-state index contributed by atoms with van der Waals surface area (Å²) < 4.78 is 5.36. The Labute approximate surface area is 90.1 Å². The van der Waals surface area contributed by atoms with Crippen LogP contribution >= 0.6 is 11.6 Å². The van der Waals surface area contributed by atoms with Crippen molar-refractivity contribution in [2.75, 3.05) is 6.61 Å². The van der Waals surface area contributed by atoms with Crippen LogP contribution in [0, 0.1) is 0 Å². The Bertz CT molecular complexity index is 268. The third kappa shape index (κ3) is 4.51. The first-order chi connectivity index (χ1) is 5.74. The van der Waals surface area contributed by atoms with E-state index in [1.807, 2.05) is 6.92 Å². The molecule has 1 rings (SSSR count). The Balaban J connectivity index is 0. The van der Waals surface area contributed by atoms with E-state index >= 15 is 0 Å². The SMILES string of the molecule is [B+2]c1cc(Cl)ccc1OCCC.[OH-].[OH-]. The van der Waals surface area contributed by atoms with Crippen molar-refractivity contribution in [3.05, 3.63) is 23.2 Å². The van der Waals surface area contributed by atoms with Crippen molar-refractivity contribution in [2.45, 2.75) is 13.3 Å². The van der Waals surface area contributed by atoms with E-state index in [0.717, 1.165) is 6.42 Å². The van der Waals surface area contributed by atoms with Crippen LogP contribution in [0.25, 0.3) is 0 Å². The molecule has 0 unspecified atom stereocenters. The predicted molar refractivity (Wildman–Crippen MR) is 56.5 cm³/mol. The van der Waals surface area contributed by atoms with Crippen molar-refractivity contribution in [2.24, 2.45) is 0 Å². The topological polar surface area (TPSA) is 69.2 Å². The fraction of sp³-hybridized carbons (Fsp3) is 0.333. The fourth-order valence-corrected chi connectivity index (χ4v) is 1.04. The average molecular weight is 214 g/mol. The molecule has 0 aromatic heterocycles. The summed E-state index contributed by atoms with van der Waals surface area (Å²) >= 11 is 5.72. The first-order valence-corrected chi connectivity index (χ1v) is 4.29. The third-order valence-electron chi connectivity index (χ3n) is 1.43. The van der Waals surface area contributed by atoms with Gasteiger partial charge in [-0.2, -0.15) is 0 Å². The molecule has 76 valence electrons. The maximum Gasteiger partial charge on any atom is -0.870 e. The molecule has 0 amide bonds. The van der Waals surface area contributed by atoms with Gasteiger partial charge >= 0.3 is 78.6 Å². The molecule has 0 atom stereocenters. The van der Waals surface area contributed by atoms with Crippen LogP contribution in [-0.2, 0) is 0 Å². The van der Waals surface area contributed by atoms with Gasteiger partial charge in [-0.05, 0) is 0 Å². The van der Waals surface area contributed by atoms with Gasteiger partial charge < -0.3 is 11.0 Å². The maximum atomic E-state index is 5.72. The van der Waals surface area contributed by atoms with Crippen LogP contribution in [0.2, 0.25) is 5.02 Å². The van der Waals surface area contributed by atoms with Crippen LogP contribution < -0.4 is 10.2 Å². The quantitative estimate of drug-likeness (QED) is 0.717. The molecular weight excluding hydrogens is 202 g/mol. The Morgan fingerprint density at radius 2 is 2.00 bits per heavy atom. The fourth-order valence-electron chi connectivity index (χ4n) is 0.863. The average Bonchev–Trinajstić information content (AvgIpc) is 2.03. The summed E-state index contributed by atoms with van der Waals surface area (Å²) in [6, 6.07) is 5.24. The third-order valence-corrected chi connectivity index (χ3v) is 1.67. The van der Waals surface area contributed by atoms with Gasteiger partial charge in [-0.25, -0.2) is 0 Å². The van der Waals surface area contributed by atoms with Gasteiger partial charge in [0.15, 0.2) is 0 Å². The van der Waals surface area contributed by atoms with Crippen molar-refractivity contribution >= 4 is 24.9 Å². The molecule has 0 saturated heterocycles. The van der Waals surface area contributed by atoms with E-state index in [9.17, 15) is 0 Å². The first kappa shape index (κ1) is 15.8. The minimum Gasteiger partial charge on any atom is -0.870 e. The molecule has 0 fully saturated rings. The molecule has 14 heavy (non-hydrogen) atoms. The molecule has 0 aliphatic heterocycles. The molecule has 0 aliphatic carbocycles. The normalized spacial score (nSPS) is 8.57. The number of benzene rings is 1. The summed E-state index contributed by atoms with van der Waals surface area (Å²) in [5.74, 6) is 0.709. The number of hydrogen-bond acceptors (Lipinski definition) is 3. The van der Waals surface area contributed by atoms with Crippen LogP contribution in [0.15, 0.2) is 18.2 Å². The van der Waals surface area contributed by atoms with Crippen LogP contribution in [0.3, 0.4) is 0 Å². The number of hydrogen-bond donors (Lipinski definition) is 0. The summed E-state index contributed by atoms with van der Waals surface area (Å²) in [5, 5.41) is 0.636. The van der Waals surface area contributed by atoms with Gasteiger partial charge in [-0.15, -0.1) is 0 Å². The van der Waals surface area contributed by atoms with E-state index in [1.54, 1.807) is 18.2 Å². The van der Waals surface area contributed by atoms with Gasteiger partial charge in [-0.3, -0.25) is 0 Å². The molecule has 3 nitrogen and oxygen atoms in total. The maximum absolute atomic E-state index is 5.72. The summed E-state index contributed by atoms with van der Waals surface area (Å²) in [6.45, 7) is 2.73. The molecule has 0 heterocycles. The van der Waals surface area contributed by atoms with Gasteiger partial charge in [0.1, 0.15) is 0 Å². The monoisotopic (exact) mass is 214 g/mol. The number of ether oxygens (including phenoxy) is 1. The van der Waals surface area contributed by atoms with Crippen LogP contribution in [0.1, 0.15) is 13.3 Å². The van der Waals surface area contributed by atoms with Gasteiger partial charge in [0, 0.05) is 0 Å². The summed E-state index contributed by atoms with van der Waals surface area (Å²) in [4.78, 5) is 0. The molecule has 1 aromatic rings. The van der Waals surface area contributed by atoms with Gasteiger partial charge in [0.2, 0.25) is 0 Å². The summed E-state index contributed by atoms with van der Waals surface area (Å²) in [7, 11) is 5.65. The molecule has 2 N–H and O–H groups in total. The molecule has 0 saturated carbocycles. The smallest absolute Gasteiger partial charge is 0.870 e. The predicted octanol–water partition coefficient (Wildman–Crippen LogP) is 1.57. The van der Waals surface area contributed by atoms with Crippen LogP contribution in [0.5, 0.6) is 5.75 Å². The van der Waals surface area contributed by atoms with E-state index in [0.29, 0.717) is 22.8 Å². The second-order valence-corrected chi connectivity index (χ2v) is 2.97. The van der Waals surface area contributed by atoms with E-state index in [1.165, 1.54) is 0 Å². The Kier molecular flexibility index (Phi) is 8.64. The van der Waals surface area contributed by atoms with Crippen molar-refractivity contribution in [3.8, 4) is 5.75 Å². The molecule has 5 heteroatoms. The summed E-state index contributed by atoms with van der Waals surface area (Å²) in [6.07, 6.45) is 0.974. The largest absolute Gasteiger partial charge is 0.870 e. The van der Waals surface area contributed by atoms with E-state index in [4.69, 9.17) is 24.2 Å². The van der Waals surface area contributed by atoms with Crippen molar-refractivity contribution in [1.29, 1.82) is 0 Å². The van der Waals surface area contributed by atoms with Crippen molar-refractivity contribution < 1.29 is 15.7 Å². The standard InChI is InChI=1S/C9H10BClO.2H2O/c1-2-5-12-9-4-3-7(11)6-8(9)10;;/h3-4,6H,2,5H2,1H3;2*1H2/q+2;;/p-2. The van der Waals surface area contributed by atoms with Gasteiger partial charge in [0.25, 0.3) is 0 Å². The molecular formula is C9H12BClO3. The van der Waals surface area contributed by atoms with Crippen LogP contribution in [-0.4, -0.2) is 25.4 Å². The summed E-state index contributed by atoms with van der Waals surface area (Å²) in [5.41, 5.74) is 0.593. The number of halogens is 1. The Morgan fingerprint density at radius 1 is 1.36 bits per heavy atom. The van der Waals surface area contributed by atoms with Crippen molar-refractivity contribution in [3.63, 3.8) is 0 Å². The second kappa shape index (κ2) is 7.68. The zero-order chi connectivity index (χ0) is 8.97. The number of rotatable bonds is 3. The minimum absolute atomic E-state index is 0. The van der Waals surface area contributed by atoms with E-state index in [-0.39, 0.29) is 11.0 Å². The van der Waals surface area contributed by atoms with E-state index in [2.05, 4.69) is 0 Å². The Hall–Kier alpha value is -0.705. The van der Waals surface area contributed by atoms with E-state index < -0.39 is 0 Å². The molecule has 0 bridgehead atoms. The molecule has 1 aromatic carbocycles. The first-order valence-electron chi connectivity index (χ1n) is 3.92. The zero-order valence-corrected chi connectivity index (χ0v) is 8.66. The van der Waals surface area contributed by atoms with Crippen LogP contribution in [0.4, 0.5) is 0 Å². The van der Waals surface area contributed by atoms with Gasteiger partial charge in [-0.1, -0.05) is 0 Å². The zero-order valence-electron chi connectivity index (χ0n) is 7.90. The molecule has 0 radical (unpaired) electrons. The second-order valence-electron chi connectivity index (χ2n) is 2.53. The van der Waals surface area contributed by atoms with Gasteiger partial charge in [0.05, 0.1) is 0 Å². The molecule has 0 aliphatic rings. The Morgan fingerprint density at radius 3 is 2.50 bits per heavy atom.